The zero-order chi connectivity index (χ0) is 13.7. The van der Waals surface area contributed by atoms with E-state index in [-0.39, 0.29) is 0 Å². The summed E-state index contributed by atoms with van der Waals surface area (Å²) >= 11 is 0. The summed E-state index contributed by atoms with van der Waals surface area (Å²) in [7, 11) is 0. The standard InChI is InChI=1S/C15H22N4/c1-4-13(5-2)10-17-14-6-7-15(18-11-14)19-9-8-16-12(19)3/h6-9,11,13,17H,4-5,10H2,1-3H3. The Bertz CT molecular complexity index is 497. The number of pyridine rings is 1. The average molecular weight is 258 g/mol. The molecule has 0 spiro atoms. The third-order valence-corrected chi connectivity index (χ3v) is 3.57. The third-order valence-electron chi connectivity index (χ3n) is 3.57. The molecular formula is C15H22N4. The van der Waals surface area contributed by atoms with Crippen molar-refractivity contribution in [3.63, 3.8) is 0 Å². The van der Waals surface area contributed by atoms with E-state index in [0.717, 1.165) is 29.8 Å². The zero-order valence-corrected chi connectivity index (χ0v) is 11.9. The maximum atomic E-state index is 4.47. The van der Waals surface area contributed by atoms with Crippen LogP contribution in [0.15, 0.2) is 30.7 Å². The lowest BCUT2D eigenvalue weighted by Crippen LogP contribution is -2.12. The van der Waals surface area contributed by atoms with Gasteiger partial charge in [-0.1, -0.05) is 26.7 Å². The van der Waals surface area contributed by atoms with E-state index >= 15 is 0 Å². The molecule has 0 saturated heterocycles. The summed E-state index contributed by atoms with van der Waals surface area (Å²) < 4.78 is 1.98. The maximum absolute atomic E-state index is 4.47. The minimum Gasteiger partial charge on any atom is -0.384 e. The van der Waals surface area contributed by atoms with E-state index in [1.807, 2.05) is 30.0 Å². The van der Waals surface area contributed by atoms with Gasteiger partial charge in [-0.05, 0) is 25.0 Å². The first-order valence-corrected chi connectivity index (χ1v) is 6.94. The Kier molecular flexibility index (Phi) is 4.55. The number of anilines is 1. The molecule has 0 aliphatic carbocycles. The number of hydrogen-bond donors (Lipinski definition) is 1. The van der Waals surface area contributed by atoms with Gasteiger partial charge >= 0.3 is 0 Å². The van der Waals surface area contributed by atoms with Crippen LogP contribution in [0.25, 0.3) is 5.82 Å². The summed E-state index contributed by atoms with van der Waals surface area (Å²) in [5.74, 6) is 2.59. The molecule has 0 aliphatic rings. The van der Waals surface area contributed by atoms with Crippen LogP contribution in [-0.4, -0.2) is 21.1 Å². The molecule has 2 aromatic rings. The van der Waals surface area contributed by atoms with Crippen LogP contribution in [0, 0.1) is 12.8 Å². The minimum atomic E-state index is 0.732. The predicted octanol–water partition coefficient (Wildman–Crippen LogP) is 3.42. The molecule has 102 valence electrons. The molecule has 0 fully saturated rings. The van der Waals surface area contributed by atoms with E-state index in [2.05, 4.69) is 35.2 Å². The Hall–Kier alpha value is -1.84. The van der Waals surface area contributed by atoms with Crippen molar-refractivity contribution < 1.29 is 0 Å². The highest BCUT2D eigenvalue weighted by Gasteiger charge is 2.04. The molecule has 0 saturated carbocycles. The van der Waals surface area contributed by atoms with Crippen LogP contribution in [0.3, 0.4) is 0 Å². The second-order valence-electron chi connectivity index (χ2n) is 4.81. The number of rotatable bonds is 6. The quantitative estimate of drug-likeness (QED) is 0.863. The smallest absolute Gasteiger partial charge is 0.138 e. The van der Waals surface area contributed by atoms with Crippen LogP contribution in [0.2, 0.25) is 0 Å². The van der Waals surface area contributed by atoms with Gasteiger partial charge in [-0.15, -0.1) is 0 Å². The van der Waals surface area contributed by atoms with Gasteiger partial charge in [0.2, 0.25) is 0 Å². The fourth-order valence-corrected chi connectivity index (χ4v) is 2.09. The average Bonchev–Trinajstić information content (AvgIpc) is 2.87. The molecule has 4 heteroatoms. The number of aromatic nitrogens is 3. The maximum Gasteiger partial charge on any atom is 0.138 e. The number of hydrogen-bond acceptors (Lipinski definition) is 3. The first-order chi connectivity index (χ1) is 9.24. The van der Waals surface area contributed by atoms with Crippen molar-refractivity contribution >= 4 is 5.69 Å². The molecule has 0 bridgehead atoms. The van der Waals surface area contributed by atoms with E-state index in [9.17, 15) is 0 Å². The second-order valence-corrected chi connectivity index (χ2v) is 4.81. The molecule has 1 N–H and O–H groups in total. The SMILES string of the molecule is CCC(CC)CNc1ccc(-n2ccnc2C)nc1. The molecule has 0 atom stereocenters. The molecular weight excluding hydrogens is 236 g/mol. The first-order valence-electron chi connectivity index (χ1n) is 6.94. The molecule has 0 aromatic carbocycles. The summed E-state index contributed by atoms with van der Waals surface area (Å²) in [4.78, 5) is 8.68. The summed E-state index contributed by atoms with van der Waals surface area (Å²) in [5, 5.41) is 3.45. The molecule has 0 amide bonds. The van der Waals surface area contributed by atoms with Crippen molar-refractivity contribution in [3.8, 4) is 5.82 Å². The van der Waals surface area contributed by atoms with Crippen molar-refractivity contribution in [1.29, 1.82) is 0 Å². The van der Waals surface area contributed by atoms with Gasteiger partial charge in [0, 0.05) is 18.9 Å². The fourth-order valence-electron chi connectivity index (χ4n) is 2.09. The Morgan fingerprint density at radius 2 is 2.00 bits per heavy atom. The summed E-state index contributed by atoms with van der Waals surface area (Å²) in [6.07, 6.45) is 8.02. The Morgan fingerprint density at radius 3 is 2.53 bits per heavy atom. The largest absolute Gasteiger partial charge is 0.384 e. The number of nitrogens with zero attached hydrogens (tertiary/aromatic N) is 3. The molecule has 0 radical (unpaired) electrons. The van der Waals surface area contributed by atoms with E-state index in [0.29, 0.717) is 0 Å². The normalized spacial score (nSPS) is 10.9. The molecule has 2 rings (SSSR count). The third kappa shape index (κ3) is 3.34. The zero-order valence-electron chi connectivity index (χ0n) is 11.9. The van der Waals surface area contributed by atoms with Crippen LogP contribution >= 0.6 is 0 Å². The van der Waals surface area contributed by atoms with Crippen molar-refractivity contribution in [3.05, 3.63) is 36.5 Å². The monoisotopic (exact) mass is 258 g/mol. The number of nitrogens with one attached hydrogen (secondary N) is 1. The highest BCUT2D eigenvalue weighted by atomic mass is 15.1. The van der Waals surface area contributed by atoms with Crippen molar-refractivity contribution in [2.45, 2.75) is 33.6 Å². The molecule has 19 heavy (non-hydrogen) atoms. The van der Waals surface area contributed by atoms with Crippen molar-refractivity contribution in [2.24, 2.45) is 5.92 Å². The lowest BCUT2D eigenvalue weighted by atomic mass is 10.0. The summed E-state index contributed by atoms with van der Waals surface area (Å²) in [5.41, 5.74) is 1.08. The van der Waals surface area contributed by atoms with E-state index in [1.165, 1.54) is 12.8 Å². The predicted molar refractivity (Wildman–Crippen MR) is 78.7 cm³/mol. The minimum absolute atomic E-state index is 0.732. The van der Waals surface area contributed by atoms with Crippen LogP contribution in [-0.2, 0) is 0 Å². The van der Waals surface area contributed by atoms with Gasteiger partial charge in [0.05, 0.1) is 11.9 Å². The van der Waals surface area contributed by atoms with E-state index < -0.39 is 0 Å². The van der Waals surface area contributed by atoms with Crippen LogP contribution in [0.1, 0.15) is 32.5 Å². The number of aryl methyl sites for hydroxylation is 1. The van der Waals surface area contributed by atoms with Crippen LogP contribution in [0.4, 0.5) is 5.69 Å². The number of imidazole rings is 1. The molecule has 0 aliphatic heterocycles. The van der Waals surface area contributed by atoms with Gasteiger partial charge < -0.3 is 5.32 Å². The van der Waals surface area contributed by atoms with E-state index in [1.54, 1.807) is 6.20 Å². The molecule has 2 heterocycles. The van der Waals surface area contributed by atoms with Gasteiger partial charge in [-0.3, -0.25) is 4.57 Å². The van der Waals surface area contributed by atoms with Crippen molar-refractivity contribution in [1.82, 2.24) is 14.5 Å². The Morgan fingerprint density at radius 1 is 1.21 bits per heavy atom. The van der Waals surface area contributed by atoms with E-state index in [4.69, 9.17) is 0 Å². The van der Waals surface area contributed by atoms with Gasteiger partial charge in [0.25, 0.3) is 0 Å². The van der Waals surface area contributed by atoms with Crippen LogP contribution in [0.5, 0.6) is 0 Å². The topological polar surface area (TPSA) is 42.7 Å². The van der Waals surface area contributed by atoms with Crippen molar-refractivity contribution in [2.75, 3.05) is 11.9 Å². The highest BCUT2D eigenvalue weighted by molar-refractivity contribution is 5.43. The Balaban J connectivity index is 2.01. The van der Waals surface area contributed by atoms with Gasteiger partial charge in [-0.25, -0.2) is 9.97 Å². The molecule has 4 nitrogen and oxygen atoms in total. The molecule has 2 aromatic heterocycles. The first kappa shape index (κ1) is 13.6. The molecule has 0 unspecified atom stereocenters. The highest BCUT2D eigenvalue weighted by Crippen LogP contribution is 2.13. The fraction of sp³-hybridized carbons (Fsp3) is 0.467. The lowest BCUT2D eigenvalue weighted by molar-refractivity contribution is 0.519. The van der Waals surface area contributed by atoms with Crippen LogP contribution < -0.4 is 5.32 Å². The summed E-state index contributed by atoms with van der Waals surface area (Å²) in [6, 6.07) is 4.09. The Labute approximate surface area is 114 Å². The van der Waals surface area contributed by atoms with Gasteiger partial charge in [0.1, 0.15) is 11.6 Å². The second kappa shape index (κ2) is 6.36. The lowest BCUT2D eigenvalue weighted by Gasteiger charge is -2.14. The van der Waals surface area contributed by atoms with Gasteiger partial charge in [0.15, 0.2) is 0 Å². The summed E-state index contributed by atoms with van der Waals surface area (Å²) in [6.45, 7) is 7.46. The van der Waals surface area contributed by atoms with Gasteiger partial charge in [-0.2, -0.15) is 0 Å².